The van der Waals surface area contributed by atoms with Crippen molar-refractivity contribution in [3.8, 4) is 11.5 Å². The number of benzene rings is 1. The number of rotatable bonds is 8. The summed E-state index contributed by atoms with van der Waals surface area (Å²) in [6.45, 7) is 1.44. The Kier molecular flexibility index (Phi) is 6.00. The number of anilines is 3. The van der Waals surface area contributed by atoms with E-state index >= 15 is 0 Å². The van der Waals surface area contributed by atoms with Crippen molar-refractivity contribution in [2.75, 3.05) is 23.4 Å². The molecule has 1 saturated carbocycles. The predicted octanol–water partition coefficient (Wildman–Crippen LogP) is 4.76. The van der Waals surface area contributed by atoms with Crippen LogP contribution in [0.25, 0.3) is 11.5 Å². The minimum atomic E-state index is -3.64. The Balaban J connectivity index is 1.72. The highest BCUT2D eigenvalue weighted by molar-refractivity contribution is 7.90. The Morgan fingerprint density at radius 1 is 1.06 bits per heavy atom. The molecule has 0 bridgehead atoms. The second kappa shape index (κ2) is 8.62. The molecule has 0 aliphatic heterocycles. The fraction of sp³-hybridized carbons (Fsp3) is 0.318. The SMILES string of the molecule is CC(F)(F)c1cccc(-c2nc(NCC3CC3)cc(Nc3cc(F)cc(S(C)(=O)=O)c3)n2)n1. The minimum absolute atomic E-state index is 0.0872. The van der Waals surface area contributed by atoms with Crippen molar-refractivity contribution in [3.63, 3.8) is 0 Å². The molecule has 1 aromatic carbocycles. The summed E-state index contributed by atoms with van der Waals surface area (Å²) in [4.78, 5) is 12.6. The Bertz CT molecular complexity index is 1290. The van der Waals surface area contributed by atoms with Crippen LogP contribution in [0.15, 0.2) is 47.4 Å². The van der Waals surface area contributed by atoms with Gasteiger partial charge in [0.25, 0.3) is 5.92 Å². The van der Waals surface area contributed by atoms with E-state index in [4.69, 9.17) is 0 Å². The van der Waals surface area contributed by atoms with Crippen molar-refractivity contribution in [2.24, 2.45) is 5.92 Å². The molecule has 0 saturated heterocycles. The molecular weight excluding hydrogens is 455 g/mol. The van der Waals surface area contributed by atoms with Crippen LogP contribution in [-0.2, 0) is 15.8 Å². The van der Waals surface area contributed by atoms with Crippen LogP contribution in [0.4, 0.5) is 30.5 Å². The van der Waals surface area contributed by atoms with Crippen molar-refractivity contribution in [3.05, 3.63) is 54.0 Å². The smallest absolute Gasteiger partial charge is 0.286 e. The average Bonchev–Trinajstić information content (AvgIpc) is 3.55. The van der Waals surface area contributed by atoms with Crippen LogP contribution >= 0.6 is 0 Å². The van der Waals surface area contributed by atoms with E-state index in [9.17, 15) is 21.6 Å². The molecule has 2 N–H and O–H groups in total. The highest BCUT2D eigenvalue weighted by Crippen LogP contribution is 2.31. The van der Waals surface area contributed by atoms with E-state index in [2.05, 4.69) is 25.6 Å². The molecule has 1 aliphatic rings. The zero-order valence-electron chi connectivity index (χ0n) is 17.9. The number of nitrogens with one attached hydrogen (secondary N) is 2. The van der Waals surface area contributed by atoms with E-state index in [1.807, 2.05) is 0 Å². The van der Waals surface area contributed by atoms with Gasteiger partial charge in [0, 0.05) is 31.5 Å². The van der Waals surface area contributed by atoms with E-state index in [1.165, 1.54) is 24.3 Å². The molecule has 174 valence electrons. The van der Waals surface area contributed by atoms with Gasteiger partial charge in [0.2, 0.25) is 0 Å². The molecule has 33 heavy (non-hydrogen) atoms. The molecule has 11 heteroatoms. The molecular formula is C22H22F3N5O2S. The lowest BCUT2D eigenvalue weighted by Crippen LogP contribution is -2.11. The lowest BCUT2D eigenvalue weighted by atomic mass is 10.2. The summed E-state index contributed by atoms with van der Waals surface area (Å²) >= 11 is 0. The van der Waals surface area contributed by atoms with Crippen molar-refractivity contribution in [1.82, 2.24) is 15.0 Å². The lowest BCUT2D eigenvalue weighted by molar-refractivity contribution is 0.0129. The Hall–Kier alpha value is -3.21. The second-order valence-corrected chi connectivity index (χ2v) is 10.2. The highest BCUT2D eigenvalue weighted by Gasteiger charge is 2.27. The summed E-state index contributed by atoms with van der Waals surface area (Å²) < 4.78 is 65.3. The molecule has 2 heterocycles. The monoisotopic (exact) mass is 477 g/mol. The first-order valence-corrected chi connectivity index (χ1v) is 12.1. The molecule has 1 fully saturated rings. The Labute approximate surface area is 189 Å². The summed E-state index contributed by atoms with van der Waals surface area (Å²) in [5.74, 6) is -2.59. The predicted molar refractivity (Wildman–Crippen MR) is 119 cm³/mol. The molecule has 1 aliphatic carbocycles. The summed E-state index contributed by atoms with van der Waals surface area (Å²) in [5, 5.41) is 6.08. The Morgan fingerprint density at radius 3 is 2.45 bits per heavy atom. The fourth-order valence-corrected chi connectivity index (χ4v) is 3.76. The van der Waals surface area contributed by atoms with Crippen molar-refractivity contribution >= 4 is 27.2 Å². The van der Waals surface area contributed by atoms with Crippen LogP contribution in [0.5, 0.6) is 0 Å². The van der Waals surface area contributed by atoms with Gasteiger partial charge in [-0.3, -0.25) is 0 Å². The van der Waals surface area contributed by atoms with Gasteiger partial charge in [-0.1, -0.05) is 6.07 Å². The number of hydrogen-bond acceptors (Lipinski definition) is 7. The molecule has 0 atom stereocenters. The minimum Gasteiger partial charge on any atom is -0.370 e. The summed E-state index contributed by atoms with van der Waals surface area (Å²) in [6, 6.07) is 9.10. The van der Waals surface area contributed by atoms with Gasteiger partial charge in [-0.15, -0.1) is 0 Å². The third kappa shape index (κ3) is 5.98. The number of sulfone groups is 1. The zero-order chi connectivity index (χ0) is 23.8. The molecule has 4 rings (SSSR count). The highest BCUT2D eigenvalue weighted by atomic mass is 32.2. The van der Waals surface area contributed by atoms with Crippen molar-refractivity contribution in [2.45, 2.75) is 30.6 Å². The lowest BCUT2D eigenvalue weighted by Gasteiger charge is -2.13. The number of halogens is 3. The van der Waals surface area contributed by atoms with Crippen LogP contribution in [0.2, 0.25) is 0 Å². The van der Waals surface area contributed by atoms with Gasteiger partial charge in [-0.2, -0.15) is 8.78 Å². The zero-order valence-corrected chi connectivity index (χ0v) is 18.8. The third-order valence-corrected chi connectivity index (χ3v) is 6.09. The second-order valence-electron chi connectivity index (χ2n) is 8.16. The van der Waals surface area contributed by atoms with Crippen LogP contribution in [0.3, 0.4) is 0 Å². The maximum Gasteiger partial charge on any atom is 0.286 e. The first kappa shape index (κ1) is 23.0. The van der Waals surface area contributed by atoms with Gasteiger partial charge in [0.15, 0.2) is 15.7 Å². The van der Waals surface area contributed by atoms with Crippen LogP contribution < -0.4 is 10.6 Å². The van der Waals surface area contributed by atoms with Crippen LogP contribution in [-0.4, -0.2) is 36.2 Å². The van der Waals surface area contributed by atoms with Gasteiger partial charge < -0.3 is 10.6 Å². The molecule has 0 amide bonds. The molecule has 0 unspecified atom stereocenters. The number of pyridine rings is 1. The Morgan fingerprint density at radius 2 is 1.79 bits per heavy atom. The fourth-order valence-electron chi connectivity index (χ4n) is 3.09. The standard InChI is InChI=1S/C22H22F3N5O2S/c1-22(24,25)18-5-3-4-17(28-18)21-29-19(26-12-13-6-7-13)11-20(30-21)27-15-8-14(23)9-16(10-15)33(2,31)32/h3-5,8-11,13H,6-7,12H2,1-2H3,(H2,26,27,29,30). The molecule has 0 radical (unpaired) electrons. The number of hydrogen-bond donors (Lipinski definition) is 2. The van der Waals surface area contributed by atoms with Crippen LogP contribution in [0.1, 0.15) is 25.5 Å². The van der Waals surface area contributed by atoms with Gasteiger partial charge in [0.1, 0.15) is 28.8 Å². The van der Waals surface area contributed by atoms with E-state index in [0.717, 1.165) is 38.2 Å². The number of nitrogens with zero attached hydrogens (tertiary/aromatic N) is 3. The van der Waals surface area contributed by atoms with Crippen molar-refractivity contribution in [1.29, 1.82) is 0 Å². The maximum atomic E-state index is 14.0. The molecule has 7 nitrogen and oxygen atoms in total. The third-order valence-electron chi connectivity index (χ3n) is 4.99. The van der Waals surface area contributed by atoms with Gasteiger partial charge in [-0.05, 0) is 49.1 Å². The van der Waals surface area contributed by atoms with Gasteiger partial charge in [0.05, 0.1) is 4.90 Å². The quantitative estimate of drug-likeness (QED) is 0.483. The van der Waals surface area contributed by atoms with Crippen LogP contribution in [0, 0.1) is 11.7 Å². The first-order valence-electron chi connectivity index (χ1n) is 10.2. The maximum absolute atomic E-state index is 14.0. The summed E-state index contributed by atoms with van der Waals surface area (Å²) in [7, 11) is -3.64. The van der Waals surface area contributed by atoms with Gasteiger partial charge >= 0.3 is 0 Å². The summed E-state index contributed by atoms with van der Waals surface area (Å²) in [5.41, 5.74) is -0.115. The first-order chi connectivity index (χ1) is 15.5. The topological polar surface area (TPSA) is 96.9 Å². The van der Waals surface area contributed by atoms with Gasteiger partial charge in [-0.25, -0.2) is 27.8 Å². The summed E-state index contributed by atoms with van der Waals surface area (Å²) in [6.07, 6.45) is 3.21. The van der Waals surface area contributed by atoms with E-state index in [-0.39, 0.29) is 27.9 Å². The average molecular weight is 478 g/mol. The van der Waals surface area contributed by atoms with E-state index < -0.39 is 27.3 Å². The number of aromatic nitrogens is 3. The molecule has 0 spiro atoms. The van der Waals surface area contributed by atoms with E-state index in [0.29, 0.717) is 18.3 Å². The normalized spacial score (nSPS) is 14.2. The van der Waals surface area contributed by atoms with E-state index in [1.54, 1.807) is 6.07 Å². The molecule has 3 aromatic rings. The van der Waals surface area contributed by atoms with Crippen molar-refractivity contribution < 1.29 is 21.6 Å². The number of alkyl halides is 2. The molecule has 2 aromatic heterocycles. The largest absolute Gasteiger partial charge is 0.370 e.